The highest BCUT2D eigenvalue weighted by molar-refractivity contribution is 6.33. The zero-order valence-electron chi connectivity index (χ0n) is 16.4. The number of hydrogen-bond donors (Lipinski definition) is 2. The van der Waals surface area contributed by atoms with Gasteiger partial charge in [-0.1, -0.05) is 11.6 Å². The highest BCUT2D eigenvalue weighted by Crippen LogP contribution is 2.33. The summed E-state index contributed by atoms with van der Waals surface area (Å²) in [5, 5.41) is 14.6. The molecule has 150 valence electrons. The normalized spacial score (nSPS) is 22.8. The first kappa shape index (κ1) is 19.4. The highest BCUT2D eigenvalue weighted by Gasteiger charge is 2.32. The molecule has 28 heavy (non-hydrogen) atoms. The predicted molar refractivity (Wildman–Crippen MR) is 111 cm³/mol. The summed E-state index contributed by atoms with van der Waals surface area (Å²) in [6.45, 7) is 5.66. The van der Waals surface area contributed by atoms with E-state index in [0.717, 1.165) is 56.4 Å². The predicted octanol–water partition coefficient (Wildman–Crippen LogP) is 3.55. The largest absolute Gasteiger partial charge is 0.390 e. The number of amides is 1. The van der Waals surface area contributed by atoms with Crippen LogP contribution in [0.1, 0.15) is 56.3 Å². The molecule has 1 saturated heterocycles. The molecule has 1 amide bonds. The van der Waals surface area contributed by atoms with Gasteiger partial charge in [0, 0.05) is 30.7 Å². The number of halogens is 1. The van der Waals surface area contributed by atoms with Gasteiger partial charge in [-0.2, -0.15) is 0 Å². The lowest BCUT2D eigenvalue weighted by atomic mass is 9.77. The molecule has 2 N–H and O–H groups in total. The van der Waals surface area contributed by atoms with Crippen molar-refractivity contribution in [3.8, 4) is 0 Å². The number of carbonyl (C=O) groups is 1. The Morgan fingerprint density at radius 2 is 1.96 bits per heavy atom. The number of aromatic nitrogens is 2. The monoisotopic (exact) mass is 402 g/mol. The van der Waals surface area contributed by atoms with Crippen LogP contribution in [0.5, 0.6) is 0 Å². The van der Waals surface area contributed by atoms with Crippen LogP contribution in [0, 0.1) is 5.92 Å². The maximum absolute atomic E-state index is 12.7. The average Bonchev–Trinajstić information content (AvgIpc) is 2.60. The first-order chi connectivity index (χ1) is 13.3. The van der Waals surface area contributed by atoms with Crippen molar-refractivity contribution in [1.29, 1.82) is 0 Å². The summed E-state index contributed by atoms with van der Waals surface area (Å²) >= 11 is 6.40. The average molecular weight is 403 g/mol. The van der Waals surface area contributed by atoms with Gasteiger partial charge in [0.2, 0.25) is 0 Å². The van der Waals surface area contributed by atoms with Crippen LogP contribution >= 0.6 is 11.6 Å². The number of aliphatic hydroxyl groups is 1. The van der Waals surface area contributed by atoms with Crippen molar-refractivity contribution in [2.45, 2.75) is 57.6 Å². The molecule has 1 aliphatic carbocycles. The summed E-state index contributed by atoms with van der Waals surface area (Å²) in [7, 11) is 0. The molecule has 1 aliphatic heterocycles. The number of fused-ring (bicyclic) bond motifs is 1. The van der Waals surface area contributed by atoms with Crippen molar-refractivity contribution in [3.63, 3.8) is 0 Å². The number of hydrogen-bond acceptors (Lipinski definition) is 5. The van der Waals surface area contributed by atoms with Gasteiger partial charge < -0.3 is 15.3 Å². The molecule has 6 nitrogen and oxygen atoms in total. The summed E-state index contributed by atoms with van der Waals surface area (Å²) in [6.07, 6.45) is 6.34. The first-order valence-corrected chi connectivity index (χ1v) is 10.4. The smallest absolute Gasteiger partial charge is 0.253 e. The van der Waals surface area contributed by atoms with Crippen molar-refractivity contribution >= 4 is 34.4 Å². The Labute approximate surface area is 170 Å². The van der Waals surface area contributed by atoms with E-state index < -0.39 is 5.60 Å². The fourth-order valence-electron chi connectivity index (χ4n) is 4.12. The molecule has 0 unspecified atom stereocenters. The fraction of sp³-hybridized carbons (Fsp3) is 0.571. The lowest BCUT2D eigenvalue weighted by molar-refractivity contribution is -0.00257. The van der Waals surface area contributed by atoms with E-state index >= 15 is 0 Å². The van der Waals surface area contributed by atoms with Gasteiger partial charge in [-0.15, -0.1) is 0 Å². The van der Waals surface area contributed by atoms with E-state index in [4.69, 9.17) is 11.6 Å². The molecule has 4 rings (SSSR count). The maximum atomic E-state index is 12.7. The third kappa shape index (κ3) is 3.94. The van der Waals surface area contributed by atoms with E-state index in [1.54, 1.807) is 12.3 Å². The minimum absolute atomic E-state index is 0.121. The molecule has 0 aromatic carbocycles. The quantitative estimate of drug-likeness (QED) is 0.817. The Balaban J connectivity index is 1.44. The summed E-state index contributed by atoms with van der Waals surface area (Å²) in [5.74, 6) is 0.939. The summed E-state index contributed by atoms with van der Waals surface area (Å²) < 4.78 is 0. The van der Waals surface area contributed by atoms with E-state index in [0.29, 0.717) is 16.2 Å². The van der Waals surface area contributed by atoms with Crippen LogP contribution in [-0.2, 0) is 0 Å². The van der Waals surface area contributed by atoms with E-state index in [2.05, 4.69) is 20.2 Å². The molecule has 2 aromatic heterocycles. The van der Waals surface area contributed by atoms with Crippen molar-refractivity contribution in [2.75, 3.05) is 18.0 Å². The first-order valence-electron chi connectivity index (χ1n) is 10.1. The number of carbonyl (C=O) groups excluding carboxylic acids is 1. The number of nitrogens with one attached hydrogen (secondary N) is 1. The molecule has 1 saturated carbocycles. The molecule has 2 fully saturated rings. The van der Waals surface area contributed by atoms with Crippen LogP contribution in [0.15, 0.2) is 18.3 Å². The third-order valence-corrected chi connectivity index (χ3v) is 6.36. The number of pyridine rings is 2. The summed E-state index contributed by atoms with van der Waals surface area (Å²) in [4.78, 5) is 23.8. The number of nitrogens with zero attached hydrogens (tertiary/aromatic N) is 3. The Kier molecular flexibility index (Phi) is 5.19. The van der Waals surface area contributed by atoms with Gasteiger partial charge in [0.05, 0.1) is 16.2 Å². The van der Waals surface area contributed by atoms with Crippen LogP contribution in [-0.4, -0.2) is 45.7 Å². The molecule has 0 atom stereocenters. The third-order valence-electron chi connectivity index (χ3n) is 6.08. The van der Waals surface area contributed by atoms with Crippen LogP contribution < -0.4 is 10.2 Å². The van der Waals surface area contributed by atoms with Crippen molar-refractivity contribution in [3.05, 3.63) is 28.9 Å². The van der Waals surface area contributed by atoms with Crippen molar-refractivity contribution in [2.24, 2.45) is 5.92 Å². The molecule has 0 bridgehead atoms. The minimum Gasteiger partial charge on any atom is -0.390 e. The Morgan fingerprint density at radius 3 is 2.57 bits per heavy atom. The highest BCUT2D eigenvalue weighted by atomic mass is 35.5. The topological polar surface area (TPSA) is 78.3 Å². The Hall–Kier alpha value is -1.92. The molecular formula is C21H27ClN4O2. The Bertz CT molecular complexity index is 884. The second-order valence-corrected chi connectivity index (χ2v) is 8.99. The maximum Gasteiger partial charge on any atom is 0.253 e. The molecule has 0 spiro atoms. The lowest BCUT2D eigenvalue weighted by Crippen LogP contribution is -2.41. The molecule has 7 heteroatoms. The number of rotatable bonds is 4. The van der Waals surface area contributed by atoms with Crippen molar-refractivity contribution < 1.29 is 9.90 Å². The van der Waals surface area contributed by atoms with Crippen LogP contribution in [0.4, 0.5) is 5.82 Å². The lowest BCUT2D eigenvalue weighted by Gasteiger charge is -2.36. The van der Waals surface area contributed by atoms with Gasteiger partial charge >= 0.3 is 0 Å². The van der Waals surface area contributed by atoms with Gasteiger partial charge in [0.25, 0.3) is 5.91 Å². The Morgan fingerprint density at radius 1 is 1.25 bits per heavy atom. The zero-order valence-corrected chi connectivity index (χ0v) is 17.2. The standard InChI is InChI=1S/C21H27ClN4O2/c1-21(2,28)15-4-6-16(7-5-15)24-20(27)14-10-13-11-17(22)19(26-8-3-9-26)25-18(13)23-12-14/h10-12,15-16,28H,3-9H2,1-2H3,(H,24,27). The van der Waals surface area contributed by atoms with Gasteiger partial charge in [-0.3, -0.25) is 4.79 Å². The second kappa shape index (κ2) is 7.48. The second-order valence-electron chi connectivity index (χ2n) is 8.58. The van der Waals surface area contributed by atoms with Crippen LogP contribution in [0.3, 0.4) is 0 Å². The molecule has 2 aliphatic rings. The van der Waals surface area contributed by atoms with Gasteiger partial charge in [0.15, 0.2) is 5.65 Å². The molecular weight excluding hydrogens is 376 g/mol. The van der Waals surface area contributed by atoms with E-state index in [9.17, 15) is 9.90 Å². The van der Waals surface area contributed by atoms with Crippen LogP contribution in [0.25, 0.3) is 11.0 Å². The van der Waals surface area contributed by atoms with Crippen molar-refractivity contribution in [1.82, 2.24) is 15.3 Å². The minimum atomic E-state index is -0.654. The van der Waals surface area contributed by atoms with E-state index in [1.165, 1.54) is 0 Å². The van der Waals surface area contributed by atoms with E-state index in [-0.39, 0.29) is 17.9 Å². The summed E-state index contributed by atoms with van der Waals surface area (Å²) in [5.41, 5.74) is 0.471. The zero-order chi connectivity index (χ0) is 19.9. The molecule has 0 radical (unpaired) electrons. The SMILES string of the molecule is CC(C)(O)C1CCC(NC(=O)c2cnc3nc(N4CCC4)c(Cl)cc3c2)CC1. The van der Waals surface area contributed by atoms with E-state index in [1.807, 2.05) is 19.9 Å². The molecule has 3 heterocycles. The summed E-state index contributed by atoms with van der Waals surface area (Å²) in [6, 6.07) is 3.78. The van der Waals surface area contributed by atoms with Crippen LogP contribution in [0.2, 0.25) is 5.02 Å². The van der Waals surface area contributed by atoms with Gasteiger partial charge in [0.1, 0.15) is 5.82 Å². The molecule has 2 aromatic rings. The van der Waals surface area contributed by atoms with Gasteiger partial charge in [-0.25, -0.2) is 9.97 Å². The fourth-order valence-corrected chi connectivity index (χ4v) is 4.40. The van der Waals surface area contributed by atoms with Gasteiger partial charge in [-0.05, 0) is 64.0 Å². The number of anilines is 1.